The standard InChI is InChI=1S/C15H16ClN3O/c1-3-8-19(9-4-2)11-14-17-15(18-20-14)12-6-5-7-13(16)10-12/h3-7,10H,1-2,8-9,11H2. The first-order valence-electron chi connectivity index (χ1n) is 6.25. The van der Waals surface area contributed by atoms with Gasteiger partial charge >= 0.3 is 0 Å². The van der Waals surface area contributed by atoms with Crippen molar-refractivity contribution >= 4 is 11.6 Å². The van der Waals surface area contributed by atoms with Gasteiger partial charge in [0.1, 0.15) is 0 Å². The van der Waals surface area contributed by atoms with E-state index in [1.807, 2.05) is 30.4 Å². The largest absolute Gasteiger partial charge is 0.338 e. The van der Waals surface area contributed by atoms with Crippen LogP contribution in [0.15, 0.2) is 54.1 Å². The summed E-state index contributed by atoms with van der Waals surface area (Å²) >= 11 is 5.95. The lowest BCUT2D eigenvalue weighted by Crippen LogP contribution is -2.23. The van der Waals surface area contributed by atoms with Gasteiger partial charge in [-0.25, -0.2) is 0 Å². The van der Waals surface area contributed by atoms with Gasteiger partial charge in [0, 0.05) is 23.7 Å². The molecule has 5 heteroatoms. The van der Waals surface area contributed by atoms with E-state index in [0.717, 1.165) is 18.7 Å². The van der Waals surface area contributed by atoms with Gasteiger partial charge in [0.2, 0.25) is 11.7 Å². The third-order valence-electron chi connectivity index (χ3n) is 2.68. The van der Waals surface area contributed by atoms with E-state index < -0.39 is 0 Å². The van der Waals surface area contributed by atoms with E-state index in [9.17, 15) is 0 Å². The Morgan fingerprint density at radius 1 is 1.25 bits per heavy atom. The maximum atomic E-state index is 5.95. The molecule has 1 heterocycles. The first-order chi connectivity index (χ1) is 9.72. The fraction of sp³-hybridized carbons (Fsp3) is 0.200. The molecule has 0 amide bonds. The number of rotatable bonds is 7. The maximum Gasteiger partial charge on any atom is 0.241 e. The quantitative estimate of drug-likeness (QED) is 0.731. The van der Waals surface area contributed by atoms with E-state index in [0.29, 0.717) is 23.3 Å². The zero-order valence-corrected chi connectivity index (χ0v) is 11.9. The van der Waals surface area contributed by atoms with Crippen LogP contribution in [0.3, 0.4) is 0 Å². The molecule has 0 radical (unpaired) electrons. The Morgan fingerprint density at radius 3 is 2.65 bits per heavy atom. The van der Waals surface area contributed by atoms with Gasteiger partial charge in [0.15, 0.2) is 0 Å². The number of nitrogens with zero attached hydrogens (tertiary/aromatic N) is 3. The van der Waals surface area contributed by atoms with Crippen molar-refractivity contribution in [3.05, 3.63) is 60.5 Å². The predicted octanol–water partition coefficient (Wildman–Crippen LogP) is 3.56. The maximum absolute atomic E-state index is 5.95. The Balaban J connectivity index is 2.12. The molecule has 2 aromatic rings. The molecular weight excluding hydrogens is 274 g/mol. The molecule has 0 saturated carbocycles. The van der Waals surface area contributed by atoms with Crippen molar-refractivity contribution in [3.8, 4) is 11.4 Å². The minimum atomic E-state index is 0.541. The molecule has 0 saturated heterocycles. The molecule has 0 spiro atoms. The molecular formula is C15H16ClN3O. The van der Waals surface area contributed by atoms with Crippen LogP contribution in [0.1, 0.15) is 5.89 Å². The Kier molecular flexibility index (Phi) is 5.09. The van der Waals surface area contributed by atoms with Crippen LogP contribution in [0.25, 0.3) is 11.4 Å². The molecule has 2 rings (SSSR count). The predicted molar refractivity (Wildman–Crippen MR) is 80.4 cm³/mol. The third-order valence-corrected chi connectivity index (χ3v) is 2.92. The van der Waals surface area contributed by atoms with Gasteiger partial charge in [-0.3, -0.25) is 4.90 Å². The second-order valence-electron chi connectivity index (χ2n) is 4.29. The monoisotopic (exact) mass is 289 g/mol. The molecule has 20 heavy (non-hydrogen) atoms. The Labute approximate surface area is 123 Å². The van der Waals surface area contributed by atoms with Gasteiger partial charge in [0.25, 0.3) is 0 Å². The normalized spacial score (nSPS) is 10.7. The summed E-state index contributed by atoms with van der Waals surface area (Å²) in [6.45, 7) is 9.49. The van der Waals surface area contributed by atoms with Crippen LogP contribution < -0.4 is 0 Å². The van der Waals surface area contributed by atoms with Crippen LogP contribution in [0, 0.1) is 0 Å². The summed E-state index contributed by atoms with van der Waals surface area (Å²) in [5.74, 6) is 1.10. The zero-order chi connectivity index (χ0) is 14.4. The highest BCUT2D eigenvalue weighted by Crippen LogP contribution is 2.20. The molecule has 0 aliphatic rings. The van der Waals surface area contributed by atoms with E-state index in [2.05, 4.69) is 28.2 Å². The summed E-state index contributed by atoms with van der Waals surface area (Å²) in [4.78, 5) is 6.47. The summed E-state index contributed by atoms with van der Waals surface area (Å²) in [5.41, 5.74) is 0.839. The minimum Gasteiger partial charge on any atom is -0.338 e. The zero-order valence-electron chi connectivity index (χ0n) is 11.1. The van der Waals surface area contributed by atoms with Gasteiger partial charge in [-0.2, -0.15) is 4.98 Å². The summed E-state index contributed by atoms with van der Waals surface area (Å²) in [5, 5.41) is 4.62. The lowest BCUT2D eigenvalue weighted by molar-refractivity contribution is 0.266. The first kappa shape index (κ1) is 14.5. The number of aromatic nitrogens is 2. The number of hydrogen-bond donors (Lipinski definition) is 0. The Morgan fingerprint density at radius 2 is 2.00 bits per heavy atom. The van der Waals surface area contributed by atoms with Crippen molar-refractivity contribution in [3.63, 3.8) is 0 Å². The molecule has 0 atom stereocenters. The highest BCUT2D eigenvalue weighted by atomic mass is 35.5. The molecule has 0 aliphatic heterocycles. The lowest BCUT2D eigenvalue weighted by Gasteiger charge is -2.15. The van der Waals surface area contributed by atoms with Gasteiger partial charge in [-0.05, 0) is 12.1 Å². The van der Waals surface area contributed by atoms with Crippen molar-refractivity contribution in [1.82, 2.24) is 15.0 Å². The summed E-state index contributed by atoms with van der Waals surface area (Å²) in [6.07, 6.45) is 3.66. The second-order valence-corrected chi connectivity index (χ2v) is 4.73. The fourth-order valence-electron chi connectivity index (χ4n) is 1.82. The Hall–Kier alpha value is -1.91. The number of halogens is 1. The molecule has 1 aromatic heterocycles. The average Bonchev–Trinajstić information content (AvgIpc) is 2.88. The van der Waals surface area contributed by atoms with Gasteiger partial charge in [0.05, 0.1) is 6.54 Å². The third kappa shape index (κ3) is 3.79. The molecule has 0 unspecified atom stereocenters. The van der Waals surface area contributed by atoms with E-state index in [-0.39, 0.29) is 0 Å². The molecule has 0 fully saturated rings. The van der Waals surface area contributed by atoms with Crippen LogP contribution in [0.4, 0.5) is 0 Å². The highest BCUT2D eigenvalue weighted by Gasteiger charge is 2.11. The van der Waals surface area contributed by atoms with Gasteiger partial charge in [-0.15, -0.1) is 13.2 Å². The molecule has 0 N–H and O–H groups in total. The van der Waals surface area contributed by atoms with Gasteiger partial charge in [-0.1, -0.05) is 41.0 Å². The topological polar surface area (TPSA) is 42.2 Å². The van der Waals surface area contributed by atoms with Crippen molar-refractivity contribution in [2.24, 2.45) is 0 Å². The summed E-state index contributed by atoms with van der Waals surface area (Å²) < 4.78 is 5.27. The second kappa shape index (κ2) is 7.03. The molecule has 1 aromatic carbocycles. The average molecular weight is 290 g/mol. The number of hydrogen-bond acceptors (Lipinski definition) is 4. The SMILES string of the molecule is C=CCN(CC=C)Cc1nc(-c2cccc(Cl)c2)no1. The Bertz CT molecular complexity index is 584. The van der Waals surface area contributed by atoms with Crippen molar-refractivity contribution in [1.29, 1.82) is 0 Å². The van der Waals surface area contributed by atoms with Crippen molar-refractivity contribution < 1.29 is 4.52 Å². The fourth-order valence-corrected chi connectivity index (χ4v) is 2.01. The highest BCUT2D eigenvalue weighted by molar-refractivity contribution is 6.30. The van der Waals surface area contributed by atoms with Crippen molar-refractivity contribution in [2.45, 2.75) is 6.54 Å². The molecule has 4 nitrogen and oxygen atoms in total. The van der Waals surface area contributed by atoms with E-state index in [1.54, 1.807) is 6.07 Å². The number of benzene rings is 1. The van der Waals surface area contributed by atoms with Crippen LogP contribution in [0.2, 0.25) is 5.02 Å². The molecule has 104 valence electrons. The van der Waals surface area contributed by atoms with Crippen LogP contribution in [0.5, 0.6) is 0 Å². The van der Waals surface area contributed by atoms with Crippen LogP contribution in [-0.2, 0) is 6.54 Å². The van der Waals surface area contributed by atoms with E-state index in [1.165, 1.54) is 0 Å². The van der Waals surface area contributed by atoms with Gasteiger partial charge < -0.3 is 4.52 Å². The molecule has 0 aliphatic carbocycles. The molecule has 0 bridgehead atoms. The smallest absolute Gasteiger partial charge is 0.241 e. The first-order valence-corrected chi connectivity index (χ1v) is 6.63. The van der Waals surface area contributed by atoms with E-state index in [4.69, 9.17) is 16.1 Å². The van der Waals surface area contributed by atoms with E-state index >= 15 is 0 Å². The van der Waals surface area contributed by atoms with Crippen molar-refractivity contribution in [2.75, 3.05) is 13.1 Å². The van der Waals surface area contributed by atoms with Crippen LogP contribution >= 0.6 is 11.6 Å². The lowest BCUT2D eigenvalue weighted by atomic mass is 10.2. The summed E-state index contributed by atoms with van der Waals surface area (Å²) in [7, 11) is 0. The summed E-state index contributed by atoms with van der Waals surface area (Å²) in [6, 6.07) is 7.37. The van der Waals surface area contributed by atoms with Crippen LogP contribution in [-0.4, -0.2) is 28.1 Å². The minimum absolute atomic E-state index is 0.541.